The van der Waals surface area contributed by atoms with Crippen molar-refractivity contribution < 1.29 is 24.0 Å². The lowest BCUT2D eigenvalue weighted by Gasteiger charge is -2.24. The van der Waals surface area contributed by atoms with Crippen molar-refractivity contribution in [2.24, 2.45) is 0 Å². The molecule has 2 aromatic rings. The van der Waals surface area contributed by atoms with Gasteiger partial charge in [-0.1, -0.05) is 6.07 Å². The number of carbonyl (C=O) groups is 2. The van der Waals surface area contributed by atoms with Gasteiger partial charge in [0, 0.05) is 18.7 Å². The number of hydrogen-bond acceptors (Lipinski definition) is 7. The molecule has 0 saturated carbocycles. The van der Waals surface area contributed by atoms with E-state index in [4.69, 9.17) is 9.47 Å². The zero-order valence-corrected chi connectivity index (χ0v) is 17.6. The van der Waals surface area contributed by atoms with Gasteiger partial charge in [-0.3, -0.25) is 15.0 Å². The lowest BCUT2D eigenvalue weighted by Crippen LogP contribution is -2.33. The molecule has 31 heavy (non-hydrogen) atoms. The molecule has 0 atom stereocenters. The second kappa shape index (κ2) is 8.07. The molecule has 2 aromatic carbocycles. The normalized spacial score (nSPS) is 12.7. The van der Waals surface area contributed by atoms with Crippen LogP contribution in [0.15, 0.2) is 30.3 Å². The molecule has 0 bridgehead atoms. The molecular weight excluding hydrogens is 402 g/mol. The van der Waals surface area contributed by atoms with E-state index in [2.05, 4.69) is 0 Å². The van der Waals surface area contributed by atoms with Gasteiger partial charge in [-0.25, -0.2) is 9.59 Å². The first kappa shape index (κ1) is 21.8. The SMILES string of the molecule is COC(=O)c1cc(C#N)ccc1-c1cc([N+](=O)[O-])cc2c1CN(C(=O)OC(C)(C)C)C2. The summed E-state index contributed by atoms with van der Waals surface area (Å²) in [5.74, 6) is -0.672. The predicted molar refractivity (Wildman–Crippen MR) is 110 cm³/mol. The van der Waals surface area contributed by atoms with E-state index < -0.39 is 22.6 Å². The number of hydrogen-bond donors (Lipinski definition) is 0. The van der Waals surface area contributed by atoms with Crippen LogP contribution < -0.4 is 0 Å². The monoisotopic (exact) mass is 423 g/mol. The Morgan fingerprint density at radius 3 is 2.45 bits per heavy atom. The second-order valence-electron chi connectivity index (χ2n) is 8.09. The molecule has 0 radical (unpaired) electrons. The standard InChI is InChI=1S/C22H21N3O6/c1-22(2,3)31-21(27)24-11-14-8-15(25(28)29)9-17(19(14)12-24)16-6-5-13(10-23)7-18(16)20(26)30-4/h5-9H,11-12H2,1-4H3. The molecule has 9 heteroatoms. The maximum Gasteiger partial charge on any atom is 0.410 e. The van der Waals surface area contributed by atoms with Crippen LogP contribution in [-0.4, -0.2) is 34.6 Å². The summed E-state index contributed by atoms with van der Waals surface area (Å²) in [4.78, 5) is 37.4. The van der Waals surface area contributed by atoms with Crippen LogP contribution in [0.3, 0.4) is 0 Å². The van der Waals surface area contributed by atoms with E-state index in [0.717, 1.165) is 0 Å². The van der Waals surface area contributed by atoms with E-state index in [-0.39, 0.29) is 29.9 Å². The number of carbonyl (C=O) groups excluding carboxylic acids is 2. The smallest absolute Gasteiger partial charge is 0.410 e. The fourth-order valence-corrected chi connectivity index (χ4v) is 3.42. The van der Waals surface area contributed by atoms with Gasteiger partial charge in [-0.05, 0) is 55.2 Å². The highest BCUT2D eigenvalue weighted by Gasteiger charge is 2.32. The average molecular weight is 423 g/mol. The number of methoxy groups -OCH3 is 1. The van der Waals surface area contributed by atoms with Crippen molar-refractivity contribution in [2.45, 2.75) is 39.5 Å². The van der Waals surface area contributed by atoms with Gasteiger partial charge in [0.1, 0.15) is 5.60 Å². The molecule has 1 aliphatic heterocycles. The van der Waals surface area contributed by atoms with Crippen LogP contribution in [0.1, 0.15) is 47.8 Å². The summed E-state index contributed by atoms with van der Waals surface area (Å²) >= 11 is 0. The second-order valence-corrected chi connectivity index (χ2v) is 8.09. The molecule has 3 rings (SSSR count). The van der Waals surface area contributed by atoms with Crippen molar-refractivity contribution in [1.82, 2.24) is 4.90 Å². The number of nitro groups is 1. The number of benzene rings is 2. The maximum absolute atomic E-state index is 12.6. The topological polar surface area (TPSA) is 123 Å². The Labute approximate surface area is 178 Å². The van der Waals surface area contributed by atoms with Crippen molar-refractivity contribution in [3.63, 3.8) is 0 Å². The Morgan fingerprint density at radius 2 is 1.87 bits per heavy atom. The fraction of sp³-hybridized carbons (Fsp3) is 0.318. The number of nitriles is 1. The number of ether oxygens (including phenoxy) is 2. The summed E-state index contributed by atoms with van der Waals surface area (Å²) in [5.41, 5.74) is 1.59. The molecule has 0 saturated heterocycles. The Kier molecular flexibility index (Phi) is 5.66. The minimum Gasteiger partial charge on any atom is -0.465 e. The van der Waals surface area contributed by atoms with E-state index in [9.17, 15) is 25.0 Å². The Balaban J connectivity index is 2.15. The van der Waals surface area contributed by atoms with Gasteiger partial charge in [-0.2, -0.15) is 5.26 Å². The van der Waals surface area contributed by atoms with Crippen molar-refractivity contribution in [2.75, 3.05) is 7.11 Å². The summed E-state index contributed by atoms with van der Waals surface area (Å²) in [5, 5.41) is 20.7. The third-order valence-corrected chi connectivity index (χ3v) is 4.74. The van der Waals surface area contributed by atoms with Crippen molar-refractivity contribution in [3.8, 4) is 17.2 Å². The summed E-state index contributed by atoms with van der Waals surface area (Å²) in [6.07, 6.45) is -0.537. The molecule has 0 unspecified atom stereocenters. The molecule has 0 N–H and O–H groups in total. The molecule has 0 spiro atoms. The van der Waals surface area contributed by atoms with Crippen LogP contribution in [0.5, 0.6) is 0 Å². The number of amides is 1. The number of rotatable bonds is 3. The number of fused-ring (bicyclic) bond motifs is 1. The van der Waals surface area contributed by atoms with Gasteiger partial charge in [-0.15, -0.1) is 0 Å². The average Bonchev–Trinajstić information content (AvgIpc) is 3.15. The number of nitro benzene ring substituents is 1. The third kappa shape index (κ3) is 4.48. The molecule has 0 aromatic heterocycles. The van der Waals surface area contributed by atoms with Crippen molar-refractivity contribution >= 4 is 17.7 Å². The van der Waals surface area contributed by atoms with E-state index in [1.807, 2.05) is 6.07 Å². The molecule has 1 amide bonds. The first-order valence-electron chi connectivity index (χ1n) is 9.45. The third-order valence-electron chi connectivity index (χ3n) is 4.74. The molecular formula is C22H21N3O6. The largest absolute Gasteiger partial charge is 0.465 e. The number of non-ortho nitro benzene ring substituents is 1. The molecule has 0 fully saturated rings. The maximum atomic E-state index is 12.6. The first-order chi connectivity index (χ1) is 14.5. The molecule has 1 aliphatic rings. The van der Waals surface area contributed by atoms with E-state index in [1.54, 1.807) is 26.8 Å². The van der Waals surface area contributed by atoms with Crippen LogP contribution in [-0.2, 0) is 22.6 Å². The summed E-state index contributed by atoms with van der Waals surface area (Å²) in [6, 6.07) is 9.21. The van der Waals surface area contributed by atoms with Gasteiger partial charge in [0.25, 0.3) is 5.69 Å². The van der Waals surface area contributed by atoms with Gasteiger partial charge in [0.05, 0.1) is 35.8 Å². The van der Waals surface area contributed by atoms with Crippen LogP contribution in [0.25, 0.3) is 11.1 Å². The van der Waals surface area contributed by atoms with Crippen molar-refractivity contribution in [3.05, 3.63) is 62.7 Å². The van der Waals surface area contributed by atoms with E-state index >= 15 is 0 Å². The number of esters is 1. The Morgan fingerprint density at radius 1 is 1.16 bits per heavy atom. The Hall–Kier alpha value is -3.93. The minimum atomic E-state index is -0.689. The van der Waals surface area contributed by atoms with Crippen LogP contribution in [0.4, 0.5) is 10.5 Å². The van der Waals surface area contributed by atoms with E-state index in [1.165, 1.54) is 36.3 Å². The first-order valence-corrected chi connectivity index (χ1v) is 9.45. The summed E-state index contributed by atoms with van der Waals surface area (Å²) in [7, 11) is 1.22. The van der Waals surface area contributed by atoms with Crippen LogP contribution in [0.2, 0.25) is 0 Å². The zero-order valence-electron chi connectivity index (χ0n) is 17.6. The molecule has 0 aliphatic carbocycles. The zero-order chi connectivity index (χ0) is 22.9. The summed E-state index contributed by atoms with van der Waals surface area (Å²) in [6.45, 7) is 5.57. The fourth-order valence-electron chi connectivity index (χ4n) is 3.42. The van der Waals surface area contributed by atoms with Gasteiger partial charge < -0.3 is 9.47 Å². The summed E-state index contributed by atoms with van der Waals surface area (Å²) < 4.78 is 10.3. The van der Waals surface area contributed by atoms with E-state index in [0.29, 0.717) is 22.3 Å². The van der Waals surface area contributed by atoms with Gasteiger partial charge in [0.15, 0.2) is 0 Å². The molecule has 1 heterocycles. The highest BCUT2D eigenvalue weighted by atomic mass is 16.6. The highest BCUT2D eigenvalue weighted by Crippen LogP contribution is 2.38. The molecule has 160 valence electrons. The lowest BCUT2D eigenvalue weighted by molar-refractivity contribution is -0.384. The van der Waals surface area contributed by atoms with Crippen LogP contribution >= 0.6 is 0 Å². The minimum absolute atomic E-state index is 0.111. The van der Waals surface area contributed by atoms with Gasteiger partial charge >= 0.3 is 12.1 Å². The highest BCUT2D eigenvalue weighted by molar-refractivity contribution is 5.98. The lowest BCUT2D eigenvalue weighted by atomic mass is 9.92. The van der Waals surface area contributed by atoms with Crippen LogP contribution in [0, 0.1) is 21.4 Å². The predicted octanol–water partition coefficient (Wildman–Crippen LogP) is 4.17. The molecule has 9 nitrogen and oxygen atoms in total. The Bertz CT molecular complexity index is 1130. The van der Waals surface area contributed by atoms with Gasteiger partial charge in [0.2, 0.25) is 0 Å². The number of nitrogens with zero attached hydrogens (tertiary/aromatic N) is 3. The quantitative estimate of drug-likeness (QED) is 0.412. The van der Waals surface area contributed by atoms with Crippen molar-refractivity contribution in [1.29, 1.82) is 5.26 Å².